The van der Waals surface area contributed by atoms with Gasteiger partial charge < -0.3 is 0 Å². The molecule has 1 aromatic carbocycles. The highest BCUT2D eigenvalue weighted by atomic mass is 19.1. The highest BCUT2D eigenvalue weighted by Gasteiger charge is 2.19. The van der Waals surface area contributed by atoms with Crippen LogP contribution in [0, 0.1) is 5.82 Å². The van der Waals surface area contributed by atoms with Gasteiger partial charge in [-0.25, -0.2) is 14.6 Å². The zero-order chi connectivity index (χ0) is 21.3. The predicted octanol–water partition coefficient (Wildman–Crippen LogP) is 1.46. The lowest BCUT2D eigenvalue weighted by molar-refractivity contribution is 0.626. The zero-order valence-electron chi connectivity index (χ0n) is 16.3. The molecule has 0 aliphatic rings. The van der Waals surface area contributed by atoms with Gasteiger partial charge in [0, 0.05) is 26.5 Å². The maximum atomic E-state index is 13.3. The van der Waals surface area contributed by atoms with Gasteiger partial charge in [-0.1, -0.05) is 12.1 Å². The number of hydrazone groups is 1. The topological polar surface area (TPSA) is 99.1 Å². The van der Waals surface area contributed by atoms with E-state index in [4.69, 9.17) is 0 Å². The first kappa shape index (κ1) is 19.2. The van der Waals surface area contributed by atoms with Crippen molar-refractivity contribution in [2.45, 2.75) is 6.54 Å². The summed E-state index contributed by atoms with van der Waals surface area (Å²) in [4.78, 5) is 33.5. The van der Waals surface area contributed by atoms with E-state index in [0.29, 0.717) is 0 Å². The van der Waals surface area contributed by atoms with Crippen LogP contribution in [0.5, 0.6) is 0 Å². The van der Waals surface area contributed by atoms with Gasteiger partial charge in [0.2, 0.25) is 5.95 Å². The number of anilines is 1. The monoisotopic (exact) mass is 407 g/mol. The first-order valence-electron chi connectivity index (χ1n) is 9.05. The maximum absolute atomic E-state index is 13.3. The van der Waals surface area contributed by atoms with Gasteiger partial charge in [0.25, 0.3) is 5.56 Å². The molecule has 0 saturated carbocycles. The molecule has 4 rings (SSSR count). The molecule has 0 unspecified atom stereocenters. The predicted molar refractivity (Wildman–Crippen MR) is 111 cm³/mol. The third kappa shape index (κ3) is 3.50. The normalized spacial score (nSPS) is 11.4. The van der Waals surface area contributed by atoms with Crippen molar-refractivity contribution >= 4 is 23.3 Å². The van der Waals surface area contributed by atoms with Crippen LogP contribution < -0.4 is 16.7 Å². The molecular formula is C20H18FN7O2. The SMILES string of the molecule is Cn1c(=O)c2c(nc(N/N=C/c3ccncc3)n2Cc2ccc(F)cc2)n(C)c1=O. The highest BCUT2D eigenvalue weighted by Crippen LogP contribution is 2.18. The average molecular weight is 407 g/mol. The number of halogens is 1. The Balaban J connectivity index is 1.83. The van der Waals surface area contributed by atoms with Crippen molar-refractivity contribution in [1.29, 1.82) is 0 Å². The van der Waals surface area contributed by atoms with Gasteiger partial charge in [0.1, 0.15) is 5.82 Å². The fourth-order valence-corrected chi connectivity index (χ4v) is 3.07. The second-order valence-electron chi connectivity index (χ2n) is 6.68. The number of aromatic nitrogens is 5. The highest BCUT2D eigenvalue weighted by molar-refractivity contribution is 5.80. The number of hydrogen-bond donors (Lipinski definition) is 1. The van der Waals surface area contributed by atoms with Crippen LogP contribution in [0.2, 0.25) is 0 Å². The number of imidazole rings is 1. The van der Waals surface area contributed by atoms with Gasteiger partial charge in [-0.3, -0.25) is 23.5 Å². The van der Waals surface area contributed by atoms with Gasteiger partial charge in [0.15, 0.2) is 11.2 Å². The lowest BCUT2D eigenvalue weighted by Gasteiger charge is -2.09. The maximum Gasteiger partial charge on any atom is 0.332 e. The van der Waals surface area contributed by atoms with E-state index < -0.39 is 11.2 Å². The molecule has 0 saturated heterocycles. The van der Waals surface area contributed by atoms with Crippen LogP contribution in [0.15, 0.2) is 63.5 Å². The number of benzene rings is 1. The summed E-state index contributed by atoms with van der Waals surface area (Å²) in [6, 6.07) is 9.50. The zero-order valence-corrected chi connectivity index (χ0v) is 16.3. The molecule has 152 valence electrons. The van der Waals surface area contributed by atoms with Gasteiger partial charge in [-0.2, -0.15) is 10.1 Å². The number of aryl methyl sites for hydroxylation is 1. The number of fused-ring (bicyclic) bond motifs is 1. The van der Waals surface area contributed by atoms with E-state index >= 15 is 0 Å². The van der Waals surface area contributed by atoms with E-state index in [2.05, 4.69) is 20.5 Å². The minimum atomic E-state index is -0.481. The Bertz CT molecular complexity index is 1350. The summed E-state index contributed by atoms with van der Waals surface area (Å²) in [5, 5.41) is 4.19. The minimum Gasteiger partial charge on any atom is -0.298 e. The summed E-state index contributed by atoms with van der Waals surface area (Å²) in [6.07, 6.45) is 4.87. The van der Waals surface area contributed by atoms with Crippen LogP contribution in [0.4, 0.5) is 10.3 Å². The van der Waals surface area contributed by atoms with Gasteiger partial charge in [-0.15, -0.1) is 0 Å². The lowest BCUT2D eigenvalue weighted by atomic mass is 10.2. The Hall–Kier alpha value is -4.08. The molecule has 1 N–H and O–H groups in total. The Labute approximate surface area is 169 Å². The van der Waals surface area contributed by atoms with Gasteiger partial charge in [0.05, 0.1) is 12.8 Å². The summed E-state index contributed by atoms with van der Waals surface area (Å²) < 4.78 is 17.2. The third-order valence-corrected chi connectivity index (χ3v) is 4.69. The minimum absolute atomic E-state index is 0.229. The Morgan fingerprint density at radius 2 is 1.77 bits per heavy atom. The Morgan fingerprint density at radius 3 is 2.47 bits per heavy atom. The standard InChI is InChI=1S/C20H18FN7O2/c1-26-17-16(18(29)27(2)20(26)30)28(12-14-3-5-15(21)6-4-14)19(24-17)25-23-11-13-7-9-22-10-8-13/h3-11H,12H2,1-2H3,(H,24,25)/b23-11+. The second kappa shape index (κ2) is 7.74. The van der Waals surface area contributed by atoms with Gasteiger partial charge >= 0.3 is 5.69 Å². The van der Waals surface area contributed by atoms with Crippen LogP contribution in [-0.4, -0.2) is 29.9 Å². The summed E-state index contributed by atoms with van der Waals surface area (Å²) in [5.41, 5.74) is 3.93. The number of nitrogens with zero attached hydrogens (tertiary/aromatic N) is 6. The van der Waals surface area contributed by atoms with E-state index in [0.717, 1.165) is 15.7 Å². The van der Waals surface area contributed by atoms with E-state index in [-0.39, 0.29) is 29.5 Å². The Morgan fingerprint density at radius 1 is 1.07 bits per heavy atom. The van der Waals surface area contributed by atoms with Crippen molar-refractivity contribution in [2.24, 2.45) is 19.2 Å². The molecule has 0 atom stereocenters. The number of pyridine rings is 1. The van der Waals surface area contributed by atoms with E-state index in [1.54, 1.807) is 54.5 Å². The van der Waals surface area contributed by atoms with E-state index in [9.17, 15) is 14.0 Å². The molecule has 0 spiro atoms. The third-order valence-electron chi connectivity index (χ3n) is 4.69. The molecule has 3 aromatic heterocycles. The van der Waals surface area contributed by atoms with Crippen molar-refractivity contribution in [3.8, 4) is 0 Å². The first-order chi connectivity index (χ1) is 14.5. The fourth-order valence-electron chi connectivity index (χ4n) is 3.07. The summed E-state index contributed by atoms with van der Waals surface area (Å²) in [5.74, 6) is -0.0780. The van der Waals surface area contributed by atoms with Crippen LogP contribution >= 0.6 is 0 Å². The van der Waals surface area contributed by atoms with Crippen molar-refractivity contribution < 1.29 is 4.39 Å². The van der Waals surface area contributed by atoms with Gasteiger partial charge in [-0.05, 0) is 35.4 Å². The number of rotatable bonds is 5. The summed E-state index contributed by atoms with van der Waals surface area (Å²) >= 11 is 0. The van der Waals surface area contributed by atoms with Crippen molar-refractivity contribution in [3.05, 3.63) is 86.6 Å². The molecule has 10 heteroatoms. The average Bonchev–Trinajstić information content (AvgIpc) is 3.11. The number of hydrogen-bond acceptors (Lipinski definition) is 6. The molecule has 0 aliphatic carbocycles. The molecule has 0 amide bonds. The molecule has 4 aromatic rings. The molecular weight excluding hydrogens is 389 g/mol. The lowest BCUT2D eigenvalue weighted by Crippen LogP contribution is -2.37. The number of nitrogens with one attached hydrogen (secondary N) is 1. The van der Waals surface area contributed by atoms with Crippen molar-refractivity contribution in [3.63, 3.8) is 0 Å². The smallest absolute Gasteiger partial charge is 0.298 e. The van der Waals surface area contributed by atoms with Crippen LogP contribution in [-0.2, 0) is 20.6 Å². The fraction of sp³-hybridized carbons (Fsp3) is 0.150. The van der Waals surface area contributed by atoms with Crippen molar-refractivity contribution in [1.82, 2.24) is 23.7 Å². The van der Waals surface area contributed by atoms with E-state index in [1.165, 1.54) is 23.7 Å². The second-order valence-corrected chi connectivity index (χ2v) is 6.68. The molecule has 0 bridgehead atoms. The van der Waals surface area contributed by atoms with Crippen LogP contribution in [0.25, 0.3) is 11.2 Å². The molecule has 0 fully saturated rings. The molecule has 0 radical (unpaired) electrons. The first-order valence-corrected chi connectivity index (χ1v) is 9.05. The largest absolute Gasteiger partial charge is 0.332 e. The van der Waals surface area contributed by atoms with Crippen molar-refractivity contribution in [2.75, 3.05) is 5.43 Å². The molecule has 3 heterocycles. The summed E-state index contributed by atoms with van der Waals surface area (Å²) in [6.45, 7) is 0.233. The molecule has 9 nitrogen and oxygen atoms in total. The van der Waals surface area contributed by atoms with E-state index in [1.807, 2.05) is 0 Å². The quantitative estimate of drug-likeness (QED) is 0.399. The molecule has 0 aliphatic heterocycles. The summed E-state index contributed by atoms with van der Waals surface area (Å²) in [7, 11) is 2.96. The molecule has 30 heavy (non-hydrogen) atoms. The van der Waals surface area contributed by atoms with Crippen LogP contribution in [0.1, 0.15) is 11.1 Å². The Kier molecular flexibility index (Phi) is 4.97. The van der Waals surface area contributed by atoms with Crippen LogP contribution in [0.3, 0.4) is 0 Å².